The van der Waals surface area contributed by atoms with E-state index in [9.17, 15) is 4.79 Å². The van der Waals surface area contributed by atoms with Gasteiger partial charge in [-0.25, -0.2) is 4.68 Å². The summed E-state index contributed by atoms with van der Waals surface area (Å²) >= 11 is 0. The van der Waals surface area contributed by atoms with E-state index in [1.165, 1.54) is 0 Å². The highest BCUT2D eigenvalue weighted by Crippen LogP contribution is 2.12. The third kappa shape index (κ3) is 2.03. The summed E-state index contributed by atoms with van der Waals surface area (Å²) in [6.07, 6.45) is 3.60. The number of ketones is 1. The maximum Gasteiger partial charge on any atom is 0.165 e. The predicted octanol–water partition coefficient (Wildman–Crippen LogP) is 2.71. The van der Waals surface area contributed by atoms with Crippen molar-refractivity contribution in [2.24, 2.45) is 5.92 Å². The predicted molar refractivity (Wildman–Crippen MR) is 62.7 cm³/mol. The molecule has 0 spiro atoms. The molecule has 0 fully saturated rings. The molecule has 0 atom stereocenters. The molecule has 1 aromatic heterocycles. The molecular weight excluding hydrogens is 200 g/mol. The second-order valence-corrected chi connectivity index (χ2v) is 4.02. The van der Waals surface area contributed by atoms with Gasteiger partial charge in [0, 0.05) is 23.9 Å². The van der Waals surface area contributed by atoms with Crippen LogP contribution in [0.3, 0.4) is 0 Å². The zero-order valence-electron chi connectivity index (χ0n) is 9.42. The van der Waals surface area contributed by atoms with Crippen molar-refractivity contribution in [3.8, 4) is 5.69 Å². The van der Waals surface area contributed by atoms with Crippen LogP contribution in [0.25, 0.3) is 5.69 Å². The molecule has 0 saturated carbocycles. The molecule has 3 nitrogen and oxygen atoms in total. The Morgan fingerprint density at radius 1 is 1.25 bits per heavy atom. The number of nitrogens with zero attached hydrogens (tertiary/aromatic N) is 2. The van der Waals surface area contributed by atoms with Crippen molar-refractivity contribution < 1.29 is 4.79 Å². The summed E-state index contributed by atoms with van der Waals surface area (Å²) in [4.78, 5) is 11.7. The molecule has 16 heavy (non-hydrogen) atoms. The van der Waals surface area contributed by atoms with Crippen LogP contribution < -0.4 is 0 Å². The van der Waals surface area contributed by atoms with Crippen molar-refractivity contribution >= 4 is 5.78 Å². The van der Waals surface area contributed by atoms with E-state index in [2.05, 4.69) is 5.10 Å². The fourth-order valence-corrected chi connectivity index (χ4v) is 1.53. The Hall–Kier alpha value is -1.90. The molecule has 0 aliphatic rings. The van der Waals surface area contributed by atoms with E-state index in [1.54, 1.807) is 10.9 Å². The van der Waals surface area contributed by atoms with Gasteiger partial charge in [0.1, 0.15) is 0 Å². The fourth-order valence-electron chi connectivity index (χ4n) is 1.53. The lowest BCUT2D eigenvalue weighted by Gasteiger charge is -2.05. The summed E-state index contributed by atoms with van der Waals surface area (Å²) in [6, 6.07) is 9.37. The average Bonchev–Trinajstić information content (AvgIpc) is 2.81. The van der Waals surface area contributed by atoms with E-state index in [0.29, 0.717) is 0 Å². The number of Topliss-reactive ketones (excluding diaryl/α,β-unsaturated/α-hetero) is 1. The summed E-state index contributed by atoms with van der Waals surface area (Å²) in [6.45, 7) is 3.81. The highest BCUT2D eigenvalue weighted by atomic mass is 16.1. The standard InChI is InChI=1S/C13H14N2O/c1-10(2)13(16)11-4-6-12(7-5-11)15-9-3-8-14-15/h3-10H,1-2H3. The van der Waals surface area contributed by atoms with Gasteiger partial charge in [-0.2, -0.15) is 5.10 Å². The third-order valence-corrected chi connectivity index (χ3v) is 2.45. The number of carbonyl (C=O) groups is 1. The Bertz CT molecular complexity index is 469. The van der Waals surface area contributed by atoms with Crippen LogP contribution in [0, 0.1) is 5.92 Å². The van der Waals surface area contributed by atoms with Crippen LogP contribution >= 0.6 is 0 Å². The zero-order chi connectivity index (χ0) is 11.5. The molecule has 0 saturated heterocycles. The Kier molecular flexibility index (Phi) is 2.86. The molecule has 1 heterocycles. The average molecular weight is 214 g/mol. The second kappa shape index (κ2) is 4.31. The SMILES string of the molecule is CC(C)C(=O)c1ccc(-n2cccn2)cc1. The summed E-state index contributed by atoms with van der Waals surface area (Å²) in [5.74, 6) is 0.211. The molecule has 0 radical (unpaired) electrons. The number of carbonyl (C=O) groups excluding carboxylic acids is 1. The molecule has 2 aromatic rings. The Morgan fingerprint density at radius 3 is 2.44 bits per heavy atom. The van der Waals surface area contributed by atoms with Crippen LogP contribution in [0.1, 0.15) is 24.2 Å². The Morgan fingerprint density at radius 2 is 1.94 bits per heavy atom. The van der Waals surface area contributed by atoms with Gasteiger partial charge in [0.05, 0.1) is 5.69 Å². The molecule has 0 unspecified atom stereocenters. The molecule has 0 aliphatic carbocycles. The second-order valence-electron chi connectivity index (χ2n) is 4.02. The van der Waals surface area contributed by atoms with Gasteiger partial charge in [-0.1, -0.05) is 13.8 Å². The molecule has 82 valence electrons. The van der Waals surface area contributed by atoms with Gasteiger partial charge in [0.2, 0.25) is 0 Å². The maximum atomic E-state index is 11.7. The highest BCUT2D eigenvalue weighted by Gasteiger charge is 2.09. The first kappa shape index (κ1) is 10.6. The third-order valence-electron chi connectivity index (χ3n) is 2.45. The van der Waals surface area contributed by atoms with E-state index < -0.39 is 0 Å². The first-order valence-corrected chi connectivity index (χ1v) is 5.33. The van der Waals surface area contributed by atoms with Crippen LogP contribution in [-0.2, 0) is 0 Å². The number of hydrogen-bond donors (Lipinski definition) is 0. The Labute approximate surface area is 94.7 Å². The van der Waals surface area contributed by atoms with E-state index in [4.69, 9.17) is 0 Å². The van der Waals surface area contributed by atoms with Crippen LogP contribution in [0.2, 0.25) is 0 Å². The monoisotopic (exact) mass is 214 g/mol. The smallest absolute Gasteiger partial charge is 0.165 e. The lowest BCUT2D eigenvalue weighted by atomic mass is 10.0. The van der Waals surface area contributed by atoms with Crippen molar-refractivity contribution in [1.29, 1.82) is 0 Å². The van der Waals surface area contributed by atoms with Gasteiger partial charge in [-0.15, -0.1) is 0 Å². The van der Waals surface area contributed by atoms with Gasteiger partial charge in [0.15, 0.2) is 5.78 Å². The van der Waals surface area contributed by atoms with Crippen molar-refractivity contribution in [2.75, 3.05) is 0 Å². The van der Waals surface area contributed by atoms with Crippen molar-refractivity contribution in [2.45, 2.75) is 13.8 Å². The molecule has 2 rings (SSSR count). The summed E-state index contributed by atoms with van der Waals surface area (Å²) in [7, 11) is 0. The first-order valence-electron chi connectivity index (χ1n) is 5.33. The van der Waals surface area contributed by atoms with Gasteiger partial charge in [-0.3, -0.25) is 4.79 Å². The maximum absolute atomic E-state index is 11.7. The molecule has 1 aromatic carbocycles. The van der Waals surface area contributed by atoms with E-state index >= 15 is 0 Å². The number of hydrogen-bond acceptors (Lipinski definition) is 2. The van der Waals surface area contributed by atoms with Crippen molar-refractivity contribution in [1.82, 2.24) is 9.78 Å². The lowest BCUT2D eigenvalue weighted by molar-refractivity contribution is 0.0939. The molecule has 0 N–H and O–H groups in total. The van der Waals surface area contributed by atoms with Crippen molar-refractivity contribution in [3.05, 3.63) is 48.3 Å². The van der Waals surface area contributed by atoms with Crippen LogP contribution in [0.5, 0.6) is 0 Å². The summed E-state index contributed by atoms with van der Waals surface area (Å²) in [5, 5.41) is 4.13. The molecular formula is C13H14N2O. The van der Waals surface area contributed by atoms with Crippen LogP contribution in [0.4, 0.5) is 0 Å². The van der Waals surface area contributed by atoms with Gasteiger partial charge < -0.3 is 0 Å². The normalized spacial score (nSPS) is 10.7. The largest absolute Gasteiger partial charge is 0.294 e. The topological polar surface area (TPSA) is 34.9 Å². The lowest BCUT2D eigenvalue weighted by Crippen LogP contribution is -2.07. The fraction of sp³-hybridized carbons (Fsp3) is 0.231. The molecule has 0 aliphatic heterocycles. The van der Waals surface area contributed by atoms with Crippen LogP contribution in [-0.4, -0.2) is 15.6 Å². The molecule has 3 heteroatoms. The minimum Gasteiger partial charge on any atom is -0.294 e. The molecule has 0 amide bonds. The number of aromatic nitrogens is 2. The quantitative estimate of drug-likeness (QED) is 0.736. The first-order chi connectivity index (χ1) is 7.68. The number of benzene rings is 1. The van der Waals surface area contributed by atoms with Gasteiger partial charge in [0.25, 0.3) is 0 Å². The summed E-state index contributed by atoms with van der Waals surface area (Å²) in [5.41, 5.74) is 1.72. The van der Waals surface area contributed by atoms with E-state index in [0.717, 1.165) is 11.3 Å². The van der Waals surface area contributed by atoms with Gasteiger partial charge in [-0.05, 0) is 30.3 Å². The van der Waals surface area contributed by atoms with E-state index in [-0.39, 0.29) is 11.7 Å². The minimum atomic E-state index is 0.0375. The zero-order valence-corrected chi connectivity index (χ0v) is 9.42. The Balaban J connectivity index is 2.27. The van der Waals surface area contributed by atoms with Gasteiger partial charge >= 0.3 is 0 Å². The van der Waals surface area contributed by atoms with Crippen LogP contribution in [0.15, 0.2) is 42.7 Å². The number of rotatable bonds is 3. The minimum absolute atomic E-state index is 0.0375. The molecule has 0 bridgehead atoms. The summed E-state index contributed by atoms with van der Waals surface area (Å²) < 4.78 is 1.77. The van der Waals surface area contributed by atoms with E-state index in [1.807, 2.05) is 50.4 Å². The van der Waals surface area contributed by atoms with Crippen molar-refractivity contribution in [3.63, 3.8) is 0 Å². The highest BCUT2D eigenvalue weighted by molar-refractivity contribution is 5.97.